The summed E-state index contributed by atoms with van der Waals surface area (Å²) in [5.74, 6) is 0.219. The van der Waals surface area contributed by atoms with E-state index in [1.165, 1.54) is 7.11 Å². The molecule has 33 heavy (non-hydrogen) atoms. The van der Waals surface area contributed by atoms with Gasteiger partial charge in [0.1, 0.15) is 18.4 Å². The predicted octanol–water partition coefficient (Wildman–Crippen LogP) is 4.71. The first kappa shape index (κ1) is 22.4. The molecule has 0 bridgehead atoms. The molecule has 0 saturated heterocycles. The first-order chi connectivity index (χ1) is 16.1. The second-order valence-corrected chi connectivity index (χ2v) is 7.93. The van der Waals surface area contributed by atoms with Crippen LogP contribution in [0.1, 0.15) is 29.0 Å². The molecule has 0 aromatic heterocycles. The van der Waals surface area contributed by atoms with E-state index in [4.69, 9.17) is 14.2 Å². The fourth-order valence-electron chi connectivity index (χ4n) is 4.28. The van der Waals surface area contributed by atoms with Crippen molar-refractivity contribution in [2.24, 2.45) is 0 Å². The van der Waals surface area contributed by atoms with Crippen molar-refractivity contribution >= 4 is 12.1 Å². The molecule has 1 unspecified atom stereocenters. The summed E-state index contributed by atoms with van der Waals surface area (Å²) in [6, 6.07) is 23.1. The van der Waals surface area contributed by atoms with Crippen molar-refractivity contribution in [3.63, 3.8) is 0 Å². The number of rotatable bonds is 8. The molecule has 1 amide bonds. The summed E-state index contributed by atoms with van der Waals surface area (Å²) in [6.07, 6.45) is 0.346. The number of methoxy groups -OCH3 is 2. The number of nitrogens with one attached hydrogen (secondary N) is 1. The second-order valence-electron chi connectivity index (χ2n) is 7.93. The van der Waals surface area contributed by atoms with Crippen molar-refractivity contribution in [3.8, 4) is 16.9 Å². The molecule has 0 fully saturated rings. The molecule has 0 radical (unpaired) electrons. The minimum Gasteiger partial charge on any atom is -0.497 e. The Labute approximate surface area is 193 Å². The van der Waals surface area contributed by atoms with E-state index in [0.717, 1.165) is 33.6 Å². The lowest BCUT2D eigenvalue weighted by Gasteiger charge is -2.18. The van der Waals surface area contributed by atoms with E-state index in [9.17, 15) is 9.59 Å². The van der Waals surface area contributed by atoms with E-state index in [-0.39, 0.29) is 12.5 Å². The van der Waals surface area contributed by atoms with Crippen LogP contribution in [0.2, 0.25) is 0 Å². The van der Waals surface area contributed by atoms with Gasteiger partial charge in [0.2, 0.25) is 0 Å². The zero-order chi connectivity index (χ0) is 23.2. The third-order valence-electron chi connectivity index (χ3n) is 6.00. The van der Waals surface area contributed by atoms with Gasteiger partial charge in [-0.2, -0.15) is 0 Å². The van der Waals surface area contributed by atoms with Crippen LogP contribution in [0.4, 0.5) is 4.79 Å². The number of ether oxygens (including phenoxy) is 3. The topological polar surface area (TPSA) is 73.9 Å². The van der Waals surface area contributed by atoms with E-state index >= 15 is 0 Å². The van der Waals surface area contributed by atoms with Crippen LogP contribution in [0.3, 0.4) is 0 Å². The van der Waals surface area contributed by atoms with Crippen LogP contribution in [0.5, 0.6) is 5.75 Å². The number of carbonyl (C=O) groups excluding carboxylic acids is 2. The molecule has 1 aliphatic carbocycles. The van der Waals surface area contributed by atoms with Gasteiger partial charge in [-0.05, 0) is 52.8 Å². The average molecular weight is 446 g/mol. The number of fused-ring (bicyclic) bond motifs is 3. The highest BCUT2D eigenvalue weighted by Crippen LogP contribution is 2.44. The minimum absolute atomic E-state index is 0.0426. The smallest absolute Gasteiger partial charge is 0.407 e. The average Bonchev–Trinajstić information content (AvgIpc) is 3.18. The molecule has 0 saturated carbocycles. The Balaban J connectivity index is 1.38. The SMILES string of the molecule is COC(=O)C(CCc1ccc(OC)cc1)NC(=O)OCC1c2ccccc2-c2ccccc21. The highest BCUT2D eigenvalue weighted by atomic mass is 16.6. The Bertz CT molecular complexity index is 1080. The molecule has 1 N–H and O–H groups in total. The summed E-state index contributed by atoms with van der Waals surface area (Å²) in [4.78, 5) is 24.8. The number of esters is 1. The quantitative estimate of drug-likeness (QED) is 0.509. The molecule has 3 aromatic carbocycles. The fourth-order valence-corrected chi connectivity index (χ4v) is 4.28. The summed E-state index contributed by atoms with van der Waals surface area (Å²) >= 11 is 0. The van der Waals surface area contributed by atoms with E-state index < -0.39 is 18.1 Å². The third kappa shape index (κ3) is 5.00. The lowest BCUT2D eigenvalue weighted by atomic mass is 9.98. The Morgan fingerprint density at radius 1 is 0.879 bits per heavy atom. The molecule has 0 aliphatic heterocycles. The van der Waals surface area contributed by atoms with Crippen LogP contribution in [0.15, 0.2) is 72.8 Å². The number of amides is 1. The summed E-state index contributed by atoms with van der Waals surface area (Å²) in [5.41, 5.74) is 5.62. The highest BCUT2D eigenvalue weighted by Gasteiger charge is 2.29. The highest BCUT2D eigenvalue weighted by molar-refractivity contribution is 5.82. The number of alkyl carbamates (subject to hydrolysis) is 1. The zero-order valence-corrected chi connectivity index (χ0v) is 18.7. The molecule has 3 aromatic rings. The van der Waals surface area contributed by atoms with Gasteiger partial charge < -0.3 is 19.5 Å². The molecule has 4 rings (SSSR count). The van der Waals surface area contributed by atoms with E-state index in [0.29, 0.717) is 12.8 Å². The van der Waals surface area contributed by atoms with Gasteiger partial charge >= 0.3 is 12.1 Å². The largest absolute Gasteiger partial charge is 0.497 e. The first-order valence-corrected chi connectivity index (χ1v) is 10.9. The molecule has 1 aliphatic rings. The van der Waals surface area contributed by atoms with E-state index in [1.54, 1.807) is 7.11 Å². The maximum Gasteiger partial charge on any atom is 0.407 e. The Kier molecular flexibility index (Phi) is 6.93. The Morgan fingerprint density at radius 2 is 1.48 bits per heavy atom. The zero-order valence-electron chi connectivity index (χ0n) is 18.7. The molecular weight excluding hydrogens is 418 g/mol. The van der Waals surface area contributed by atoms with Gasteiger partial charge in [-0.25, -0.2) is 9.59 Å². The maximum absolute atomic E-state index is 12.6. The lowest BCUT2D eigenvalue weighted by Crippen LogP contribution is -2.42. The van der Waals surface area contributed by atoms with Crippen LogP contribution in [0, 0.1) is 0 Å². The van der Waals surface area contributed by atoms with Gasteiger partial charge in [-0.3, -0.25) is 0 Å². The minimum atomic E-state index is -0.798. The Hall–Kier alpha value is -3.80. The van der Waals surface area contributed by atoms with Crippen LogP contribution in [-0.4, -0.2) is 38.9 Å². The van der Waals surface area contributed by atoms with Crippen molar-refractivity contribution in [2.75, 3.05) is 20.8 Å². The summed E-state index contributed by atoms with van der Waals surface area (Å²) in [5, 5.41) is 2.67. The molecule has 0 heterocycles. The van der Waals surface area contributed by atoms with Gasteiger partial charge in [-0.15, -0.1) is 0 Å². The first-order valence-electron chi connectivity index (χ1n) is 10.9. The van der Waals surface area contributed by atoms with E-state index in [2.05, 4.69) is 29.6 Å². The Morgan fingerprint density at radius 3 is 2.06 bits per heavy atom. The molecular formula is C27H27NO5. The molecule has 1 atom stereocenters. The third-order valence-corrected chi connectivity index (χ3v) is 6.00. The number of benzene rings is 3. The number of hydrogen-bond donors (Lipinski definition) is 1. The van der Waals surface area contributed by atoms with Crippen molar-refractivity contribution in [3.05, 3.63) is 89.5 Å². The molecule has 6 nitrogen and oxygen atoms in total. The van der Waals surface area contributed by atoms with Crippen molar-refractivity contribution in [2.45, 2.75) is 24.8 Å². The standard InChI is InChI=1S/C27H27NO5/c1-31-19-14-11-18(12-15-19)13-16-25(26(29)32-2)28-27(30)33-17-24-22-9-5-3-7-20(22)21-8-4-6-10-23(21)24/h3-12,14-15,24-25H,13,16-17H2,1-2H3,(H,28,30). The van der Waals surface area contributed by atoms with Crippen LogP contribution >= 0.6 is 0 Å². The van der Waals surface area contributed by atoms with E-state index in [1.807, 2.05) is 48.5 Å². The molecule has 0 spiro atoms. The maximum atomic E-state index is 12.6. The van der Waals surface area contributed by atoms with Crippen molar-refractivity contribution in [1.82, 2.24) is 5.32 Å². The van der Waals surface area contributed by atoms with Crippen molar-refractivity contribution in [1.29, 1.82) is 0 Å². The van der Waals surface area contributed by atoms with Gasteiger partial charge in [0.15, 0.2) is 0 Å². The summed E-state index contributed by atoms with van der Waals surface area (Å²) in [7, 11) is 2.92. The molecule has 6 heteroatoms. The van der Waals surface area contributed by atoms with Gasteiger partial charge in [0.05, 0.1) is 14.2 Å². The van der Waals surface area contributed by atoms with Gasteiger partial charge in [0.25, 0.3) is 0 Å². The van der Waals surface area contributed by atoms with Crippen LogP contribution < -0.4 is 10.1 Å². The lowest BCUT2D eigenvalue weighted by molar-refractivity contribution is -0.143. The summed E-state index contributed by atoms with van der Waals surface area (Å²) in [6.45, 7) is 0.187. The fraction of sp³-hybridized carbons (Fsp3) is 0.259. The van der Waals surface area contributed by atoms with Gasteiger partial charge in [0, 0.05) is 5.92 Å². The normalized spacial score (nSPS) is 12.9. The number of aryl methyl sites for hydroxylation is 1. The van der Waals surface area contributed by atoms with Crippen LogP contribution in [-0.2, 0) is 20.7 Å². The number of hydrogen-bond acceptors (Lipinski definition) is 5. The van der Waals surface area contributed by atoms with Crippen molar-refractivity contribution < 1.29 is 23.8 Å². The molecule has 170 valence electrons. The predicted molar refractivity (Wildman–Crippen MR) is 125 cm³/mol. The van der Waals surface area contributed by atoms with Crippen LogP contribution in [0.25, 0.3) is 11.1 Å². The van der Waals surface area contributed by atoms with Gasteiger partial charge in [-0.1, -0.05) is 60.7 Å². The number of carbonyl (C=O) groups is 2. The summed E-state index contributed by atoms with van der Waals surface area (Å²) < 4.78 is 15.6. The second kappa shape index (κ2) is 10.2. The monoisotopic (exact) mass is 445 g/mol.